The molecule has 92 valence electrons. The summed E-state index contributed by atoms with van der Waals surface area (Å²) in [6.45, 7) is 5.30. The highest BCUT2D eigenvalue weighted by Crippen LogP contribution is 2.12. The highest BCUT2D eigenvalue weighted by Gasteiger charge is 2.13. The molecule has 1 unspecified atom stereocenters. The molecule has 0 aliphatic carbocycles. The molecule has 0 aromatic carbocycles. The summed E-state index contributed by atoms with van der Waals surface area (Å²) in [5.74, 6) is 0.140. The first-order valence-corrected chi connectivity index (χ1v) is 6.07. The van der Waals surface area contributed by atoms with E-state index >= 15 is 0 Å². The zero-order valence-electron chi connectivity index (χ0n) is 9.68. The van der Waals surface area contributed by atoms with E-state index in [1.807, 2.05) is 36.3 Å². The van der Waals surface area contributed by atoms with Gasteiger partial charge in [-0.05, 0) is 25.3 Å². The second-order valence-electron chi connectivity index (χ2n) is 3.67. The van der Waals surface area contributed by atoms with Gasteiger partial charge in [0.15, 0.2) is 0 Å². The lowest BCUT2D eigenvalue weighted by atomic mass is 10.2. The molecule has 16 heavy (non-hydrogen) atoms. The first-order valence-electron chi connectivity index (χ1n) is 5.19. The van der Waals surface area contributed by atoms with Crippen LogP contribution in [-0.2, 0) is 11.3 Å². The molecule has 1 aromatic heterocycles. The SMILES string of the molecule is CCN(Cc1cccs1)C(=O)CC(C)N.Cl. The van der Waals surface area contributed by atoms with Gasteiger partial charge in [0.2, 0.25) is 5.91 Å². The average molecular weight is 263 g/mol. The normalized spacial score (nSPS) is 11.7. The summed E-state index contributed by atoms with van der Waals surface area (Å²) in [5.41, 5.74) is 5.61. The fraction of sp³-hybridized carbons (Fsp3) is 0.545. The molecule has 1 aromatic rings. The number of nitrogens with two attached hydrogens (primary N) is 1. The van der Waals surface area contributed by atoms with E-state index in [9.17, 15) is 4.79 Å². The molecule has 0 saturated carbocycles. The molecule has 0 radical (unpaired) electrons. The molecular formula is C11H19ClN2OS. The fourth-order valence-electron chi connectivity index (χ4n) is 1.37. The lowest BCUT2D eigenvalue weighted by Crippen LogP contribution is -2.34. The van der Waals surface area contributed by atoms with Gasteiger partial charge in [-0.25, -0.2) is 0 Å². The molecular weight excluding hydrogens is 244 g/mol. The fourth-order valence-corrected chi connectivity index (χ4v) is 2.09. The maximum absolute atomic E-state index is 11.8. The lowest BCUT2D eigenvalue weighted by molar-refractivity contribution is -0.131. The molecule has 0 bridgehead atoms. The molecule has 3 nitrogen and oxygen atoms in total. The van der Waals surface area contributed by atoms with E-state index in [2.05, 4.69) is 0 Å². The summed E-state index contributed by atoms with van der Waals surface area (Å²) >= 11 is 1.68. The average Bonchev–Trinajstić information content (AvgIpc) is 2.65. The van der Waals surface area contributed by atoms with Gasteiger partial charge in [-0.1, -0.05) is 6.07 Å². The third-order valence-corrected chi connectivity index (χ3v) is 3.02. The van der Waals surface area contributed by atoms with E-state index in [0.717, 1.165) is 6.54 Å². The minimum Gasteiger partial charge on any atom is -0.338 e. The van der Waals surface area contributed by atoms with E-state index in [1.54, 1.807) is 11.3 Å². The van der Waals surface area contributed by atoms with Gasteiger partial charge in [-0.2, -0.15) is 0 Å². The molecule has 0 spiro atoms. The van der Waals surface area contributed by atoms with Gasteiger partial charge in [0.05, 0.1) is 6.54 Å². The number of rotatable bonds is 5. The first-order chi connectivity index (χ1) is 7.13. The van der Waals surface area contributed by atoms with Gasteiger partial charge in [0, 0.05) is 23.9 Å². The Hall–Kier alpha value is -0.580. The van der Waals surface area contributed by atoms with Crippen LogP contribution in [0.5, 0.6) is 0 Å². The second kappa shape index (κ2) is 7.65. The number of halogens is 1. The summed E-state index contributed by atoms with van der Waals surface area (Å²) in [6, 6.07) is 3.99. The van der Waals surface area contributed by atoms with Crippen LogP contribution in [0.3, 0.4) is 0 Å². The quantitative estimate of drug-likeness (QED) is 0.885. The summed E-state index contributed by atoms with van der Waals surface area (Å²) in [6.07, 6.45) is 0.430. The Morgan fingerprint density at radius 2 is 2.31 bits per heavy atom. The number of thiophene rings is 1. The Bertz CT molecular complexity index is 301. The number of amides is 1. The molecule has 0 fully saturated rings. The topological polar surface area (TPSA) is 46.3 Å². The van der Waals surface area contributed by atoms with Crippen LogP contribution in [0.1, 0.15) is 25.1 Å². The van der Waals surface area contributed by atoms with Gasteiger partial charge < -0.3 is 10.6 Å². The maximum Gasteiger partial charge on any atom is 0.224 e. The standard InChI is InChI=1S/C11H18N2OS.ClH/c1-3-13(11(14)7-9(2)12)8-10-5-4-6-15-10;/h4-6,9H,3,7-8,12H2,1-2H3;1H. The Morgan fingerprint density at radius 3 is 2.75 bits per heavy atom. The molecule has 2 N–H and O–H groups in total. The van der Waals surface area contributed by atoms with Gasteiger partial charge >= 0.3 is 0 Å². The van der Waals surface area contributed by atoms with Crippen molar-refractivity contribution in [2.45, 2.75) is 32.9 Å². The zero-order chi connectivity index (χ0) is 11.3. The number of carbonyl (C=O) groups excluding carboxylic acids is 1. The third-order valence-electron chi connectivity index (χ3n) is 2.16. The minimum absolute atomic E-state index is 0. The van der Waals surface area contributed by atoms with Crippen molar-refractivity contribution in [3.05, 3.63) is 22.4 Å². The maximum atomic E-state index is 11.8. The Balaban J connectivity index is 0.00000225. The smallest absolute Gasteiger partial charge is 0.224 e. The number of carbonyl (C=O) groups is 1. The van der Waals surface area contributed by atoms with Crippen LogP contribution in [0.4, 0.5) is 0 Å². The van der Waals surface area contributed by atoms with Crippen LogP contribution >= 0.6 is 23.7 Å². The van der Waals surface area contributed by atoms with Crippen LogP contribution in [0.15, 0.2) is 17.5 Å². The minimum atomic E-state index is -0.0603. The number of hydrogen-bond acceptors (Lipinski definition) is 3. The molecule has 0 aliphatic heterocycles. The highest BCUT2D eigenvalue weighted by atomic mass is 35.5. The Labute approximate surface area is 107 Å². The summed E-state index contributed by atoms with van der Waals surface area (Å²) < 4.78 is 0. The van der Waals surface area contributed by atoms with Crippen molar-refractivity contribution < 1.29 is 4.79 Å². The molecule has 1 heterocycles. The molecule has 0 saturated heterocycles. The van der Waals surface area contributed by atoms with Crippen molar-refractivity contribution in [3.63, 3.8) is 0 Å². The molecule has 1 rings (SSSR count). The van der Waals surface area contributed by atoms with Gasteiger partial charge in [-0.3, -0.25) is 4.79 Å². The van der Waals surface area contributed by atoms with Gasteiger partial charge in [0.1, 0.15) is 0 Å². The van der Waals surface area contributed by atoms with Crippen LogP contribution < -0.4 is 5.73 Å². The second-order valence-corrected chi connectivity index (χ2v) is 4.70. The van der Waals surface area contributed by atoms with E-state index in [0.29, 0.717) is 13.0 Å². The van der Waals surface area contributed by atoms with E-state index in [1.165, 1.54) is 4.88 Å². The van der Waals surface area contributed by atoms with Crippen molar-refractivity contribution in [1.82, 2.24) is 4.90 Å². The molecule has 1 atom stereocenters. The van der Waals surface area contributed by atoms with E-state index < -0.39 is 0 Å². The zero-order valence-corrected chi connectivity index (χ0v) is 11.3. The predicted molar refractivity (Wildman–Crippen MR) is 70.9 cm³/mol. The molecule has 5 heteroatoms. The number of hydrogen-bond donors (Lipinski definition) is 1. The molecule has 0 aliphatic rings. The third kappa shape index (κ3) is 4.96. The Morgan fingerprint density at radius 1 is 1.62 bits per heavy atom. The van der Waals surface area contributed by atoms with Crippen molar-refractivity contribution in [3.8, 4) is 0 Å². The monoisotopic (exact) mass is 262 g/mol. The number of nitrogens with zero attached hydrogens (tertiary/aromatic N) is 1. The lowest BCUT2D eigenvalue weighted by Gasteiger charge is -2.21. The highest BCUT2D eigenvalue weighted by molar-refractivity contribution is 7.09. The predicted octanol–water partition coefficient (Wildman–Crippen LogP) is 2.26. The summed E-state index contributed by atoms with van der Waals surface area (Å²) in [5, 5.41) is 2.03. The largest absolute Gasteiger partial charge is 0.338 e. The first kappa shape index (κ1) is 15.4. The van der Waals surface area contributed by atoms with Crippen molar-refractivity contribution in [2.24, 2.45) is 5.73 Å². The van der Waals surface area contributed by atoms with Crippen LogP contribution in [0, 0.1) is 0 Å². The van der Waals surface area contributed by atoms with Crippen molar-refractivity contribution >= 4 is 29.7 Å². The van der Waals surface area contributed by atoms with Crippen molar-refractivity contribution in [1.29, 1.82) is 0 Å². The molecule has 1 amide bonds. The summed E-state index contributed by atoms with van der Waals surface area (Å²) in [4.78, 5) is 14.8. The van der Waals surface area contributed by atoms with Gasteiger partial charge in [0.25, 0.3) is 0 Å². The van der Waals surface area contributed by atoms with Gasteiger partial charge in [-0.15, -0.1) is 23.7 Å². The Kier molecular flexibility index (Phi) is 7.38. The van der Waals surface area contributed by atoms with Crippen LogP contribution in [0.2, 0.25) is 0 Å². The van der Waals surface area contributed by atoms with Crippen molar-refractivity contribution in [2.75, 3.05) is 6.54 Å². The van der Waals surface area contributed by atoms with E-state index in [4.69, 9.17) is 5.73 Å². The summed E-state index contributed by atoms with van der Waals surface area (Å²) in [7, 11) is 0. The van der Waals surface area contributed by atoms with Crippen LogP contribution in [-0.4, -0.2) is 23.4 Å². The van der Waals surface area contributed by atoms with Crippen LogP contribution in [0.25, 0.3) is 0 Å². The van der Waals surface area contributed by atoms with E-state index in [-0.39, 0.29) is 24.4 Å².